The molecule has 0 unspecified atom stereocenters. The average molecular weight is 311 g/mol. The van der Waals surface area contributed by atoms with Crippen molar-refractivity contribution in [3.05, 3.63) is 17.6 Å². The molecule has 0 aliphatic heterocycles. The Kier molecular flexibility index (Phi) is 4.08. The van der Waals surface area contributed by atoms with Gasteiger partial charge in [-0.15, -0.1) is 0 Å². The molecule has 2 aromatic rings. The Hall–Kier alpha value is -1.83. The van der Waals surface area contributed by atoms with Crippen molar-refractivity contribution < 1.29 is 8.42 Å². The van der Waals surface area contributed by atoms with E-state index in [9.17, 15) is 8.42 Å². The van der Waals surface area contributed by atoms with Gasteiger partial charge < -0.3 is 5.73 Å². The summed E-state index contributed by atoms with van der Waals surface area (Å²) in [7, 11) is -1.15. The quantitative estimate of drug-likeness (QED) is 0.885. The van der Waals surface area contributed by atoms with Crippen molar-refractivity contribution in [3.8, 4) is 11.3 Å². The normalized spacial score (nSPS) is 12.0. The van der Waals surface area contributed by atoms with E-state index >= 15 is 0 Å². The number of nitrogen functional groups attached to an aromatic ring is 1. The number of aromatic nitrogens is 4. The third kappa shape index (κ3) is 3.10. The van der Waals surface area contributed by atoms with Crippen LogP contribution < -0.4 is 5.73 Å². The summed E-state index contributed by atoms with van der Waals surface area (Å²) in [6.45, 7) is 5.80. The number of hydrogen-bond acceptors (Lipinski definition) is 5. The van der Waals surface area contributed by atoms with Crippen LogP contribution >= 0.6 is 0 Å². The third-order valence-corrected chi connectivity index (χ3v) is 5.29. The van der Waals surface area contributed by atoms with Gasteiger partial charge in [0.2, 0.25) is 0 Å². The van der Waals surface area contributed by atoms with Gasteiger partial charge in [-0.1, -0.05) is 6.92 Å². The van der Waals surface area contributed by atoms with E-state index in [1.54, 1.807) is 22.5 Å². The van der Waals surface area contributed by atoms with Gasteiger partial charge in [0.05, 0.1) is 23.7 Å². The highest BCUT2D eigenvalue weighted by molar-refractivity contribution is 7.91. The van der Waals surface area contributed by atoms with Crippen molar-refractivity contribution >= 4 is 15.5 Å². The minimum atomic E-state index is -3.02. The first-order valence-corrected chi connectivity index (χ1v) is 8.61. The van der Waals surface area contributed by atoms with Gasteiger partial charge in [-0.3, -0.25) is 9.36 Å². The molecule has 0 saturated carbocycles. The van der Waals surface area contributed by atoms with Gasteiger partial charge in [-0.05, 0) is 13.8 Å². The number of hydrogen-bond donors (Lipinski definition) is 1. The molecule has 0 saturated heterocycles. The van der Waals surface area contributed by atoms with Crippen molar-refractivity contribution in [2.45, 2.75) is 27.3 Å². The number of rotatable bonds is 5. The molecule has 0 amide bonds. The Balaban J connectivity index is 2.32. The lowest BCUT2D eigenvalue weighted by Gasteiger charge is -2.02. The summed E-state index contributed by atoms with van der Waals surface area (Å²) in [4.78, 5) is 0. The maximum Gasteiger partial charge on any atom is 0.151 e. The number of nitrogens with zero attached hydrogens (tertiary/aromatic N) is 4. The number of nitrogens with two attached hydrogens (primary N) is 1. The highest BCUT2D eigenvalue weighted by Crippen LogP contribution is 2.29. The number of aryl methyl sites for hydroxylation is 3. The molecule has 0 aliphatic rings. The Morgan fingerprint density at radius 1 is 1.29 bits per heavy atom. The Morgan fingerprint density at radius 3 is 2.48 bits per heavy atom. The van der Waals surface area contributed by atoms with E-state index in [-0.39, 0.29) is 11.5 Å². The van der Waals surface area contributed by atoms with Crippen LogP contribution in [0.15, 0.2) is 6.20 Å². The SMILES string of the molecule is CCS(=O)(=O)CCn1cc(N)c(-c2c(C)nn(C)c2C)n1. The minimum Gasteiger partial charge on any atom is -0.396 e. The molecule has 21 heavy (non-hydrogen) atoms. The molecule has 0 fully saturated rings. The second kappa shape index (κ2) is 5.51. The molecule has 0 spiro atoms. The Bertz CT molecular complexity index is 758. The summed E-state index contributed by atoms with van der Waals surface area (Å²) in [6, 6.07) is 0. The van der Waals surface area contributed by atoms with Crippen molar-refractivity contribution in [2.24, 2.45) is 7.05 Å². The number of anilines is 1. The minimum absolute atomic E-state index is 0.0645. The largest absolute Gasteiger partial charge is 0.396 e. The van der Waals surface area contributed by atoms with Gasteiger partial charge in [0.1, 0.15) is 5.69 Å². The van der Waals surface area contributed by atoms with Crippen LogP contribution in [0.3, 0.4) is 0 Å². The van der Waals surface area contributed by atoms with Crippen LogP contribution in [0.4, 0.5) is 5.69 Å². The summed E-state index contributed by atoms with van der Waals surface area (Å²) in [5, 5.41) is 8.78. The summed E-state index contributed by atoms with van der Waals surface area (Å²) >= 11 is 0. The first kappa shape index (κ1) is 15.6. The topological polar surface area (TPSA) is 95.8 Å². The molecular formula is C13H21N5O2S. The smallest absolute Gasteiger partial charge is 0.151 e. The van der Waals surface area contributed by atoms with Gasteiger partial charge in [0.15, 0.2) is 9.84 Å². The van der Waals surface area contributed by atoms with Gasteiger partial charge in [0.25, 0.3) is 0 Å². The highest BCUT2D eigenvalue weighted by atomic mass is 32.2. The predicted molar refractivity (Wildman–Crippen MR) is 82.6 cm³/mol. The van der Waals surface area contributed by atoms with E-state index < -0.39 is 9.84 Å². The van der Waals surface area contributed by atoms with Gasteiger partial charge in [0, 0.05) is 30.3 Å². The van der Waals surface area contributed by atoms with Crippen molar-refractivity contribution in [2.75, 3.05) is 17.2 Å². The molecule has 2 aromatic heterocycles. The first-order valence-electron chi connectivity index (χ1n) is 6.79. The monoisotopic (exact) mass is 311 g/mol. The molecule has 0 atom stereocenters. The summed E-state index contributed by atoms with van der Waals surface area (Å²) in [5.74, 6) is 0.201. The van der Waals surface area contributed by atoms with E-state index in [1.807, 2.05) is 20.9 Å². The fourth-order valence-electron chi connectivity index (χ4n) is 2.24. The van der Waals surface area contributed by atoms with Gasteiger partial charge >= 0.3 is 0 Å². The molecule has 2 N–H and O–H groups in total. The third-order valence-electron chi connectivity index (χ3n) is 3.61. The lowest BCUT2D eigenvalue weighted by atomic mass is 10.1. The second-order valence-electron chi connectivity index (χ2n) is 5.10. The summed E-state index contributed by atoms with van der Waals surface area (Å²) in [6.07, 6.45) is 1.67. The number of sulfone groups is 1. The molecule has 0 radical (unpaired) electrons. The molecule has 0 aliphatic carbocycles. The molecule has 116 valence electrons. The van der Waals surface area contributed by atoms with Crippen LogP contribution in [0.2, 0.25) is 0 Å². The standard InChI is InChI=1S/C13H21N5O2S/c1-5-21(19,20)7-6-18-8-11(14)13(16-18)12-9(2)15-17(4)10(12)3/h8H,5-7,14H2,1-4H3. The average Bonchev–Trinajstić information content (AvgIpc) is 2.89. The first-order chi connectivity index (χ1) is 9.75. The van der Waals surface area contributed by atoms with Crippen LogP contribution in [-0.2, 0) is 23.4 Å². The lowest BCUT2D eigenvalue weighted by Crippen LogP contribution is -2.14. The maximum absolute atomic E-state index is 11.6. The van der Waals surface area contributed by atoms with E-state index in [2.05, 4.69) is 10.2 Å². The second-order valence-corrected chi connectivity index (χ2v) is 7.57. The van der Waals surface area contributed by atoms with Crippen molar-refractivity contribution in [1.29, 1.82) is 0 Å². The molecular weight excluding hydrogens is 290 g/mol. The van der Waals surface area contributed by atoms with Crippen molar-refractivity contribution in [3.63, 3.8) is 0 Å². The Morgan fingerprint density at radius 2 is 1.95 bits per heavy atom. The summed E-state index contributed by atoms with van der Waals surface area (Å²) in [5.41, 5.74) is 9.95. The summed E-state index contributed by atoms with van der Waals surface area (Å²) < 4.78 is 26.5. The van der Waals surface area contributed by atoms with Crippen LogP contribution in [0.25, 0.3) is 11.3 Å². The van der Waals surface area contributed by atoms with Crippen LogP contribution in [-0.4, -0.2) is 39.5 Å². The molecule has 0 bridgehead atoms. The molecule has 7 nitrogen and oxygen atoms in total. The molecule has 8 heteroatoms. The van der Waals surface area contributed by atoms with E-state index in [1.165, 1.54) is 0 Å². The van der Waals surface area contributed by atoms with Crippen LogP contribution in [0.1, 0.15) is 18.3 Å². The fraction of sp³-hybridized carbons (Fsp3) is 0.538. The zero-order valence-electron chi connectivity index (χ0n) is 12.8. The van der Waals surface area contributed by atoms with Gasteiger partial charge in [-0.25, -0.2) is 8.42 Å². The zero-order chi connectivity index (χ0) is 15.8. The highest BCUT2D eigenvalue weighted by Gasteiger charge is 2.18. The fourth-order valence-corrected chi connectivity index (χ4v) is 2.99. The molecule has 2 heterocycles. The molecule has 0 aromatic carbocycles. The van der Waals surface area contributed by atoms with Crippen molar-refractivity contribution in [1.82, 2.24) is 19.6 Å². The van der Waals surface area contributed by atoms with Gasteiger partial charge in [-0.2, -0.15) is 10.2 Å². The Labute approximate surface area is 124 Å². The van der Waals surface area contributed by atoms with E-state index in [0.29, 0.717) is 17.9 Å². The zero-order valence-corrected chi connectivity index (χ0v) is 13.6. The van der Waals surface area contributed by atoms with E-state index in [0.717, 1.165) is 17.0 Å². The van der Waals surface area contributed by atoms with E-state index in [4.69, 9.17) is 5.73 Å². The molecule has 2 rings (SSSR count). The maximum atomic E-state index is 11.6. The lowest BCUT2D eigenvalue weighted by molar-refractivity contribution is 0.582. The predicted octanol–water partition coefficient (Wildman–Crippen LogP) is 0.917. The van der Waals surface area contributed by atoms with Crippen LogP contribution in [0.5, 0.6) is 0 Å². The van der Waals surface area contributed by atoms with Crippen LogP contribution in [0, 0.1) is 13.8 Å².